The number of aromatic nitrogens is 1. The number of alkyl halides is 1. The first-order valence-electron chi connectivity index (χ1n) is 15.5. The van der Waals surface area contributed by atoms with Gasteiger partial charge in [0.25, 0.3) is 0 Å². The third-order valence-corrected chi connectivity index (χ3v) is 7.65. The molecule has 1 heterocycles. The highest BCUT2D eigenvalue weighted by Gasteiger charge is 2.34. The van der Waals surface area contributed by atoms with Gasteiger partial charge in [0, 0.05) is 11.8 Å². The number of ether oxygens (including phenoxy) is 1. The van der Waals surface area contributed by atoms with Gasteiger partial charge >= 0.3 is 5.97 Å². The number of hydrogen-bond donors (Lipinski definition) is 0. The largest absolute Gasteiger partial charge is 0.424 e. The van der Waals surface area contributed by atoms with Gasteiger partial charge in [0.15, 0.2) is 0 Å². The van der Waals surface area contributed by atoms with E-state index in [2.05, 4.69) is 38.1 Å². The predicted octanol–water partition coefficient (Wildman–Crippen LogP) is 10.7. The summed E-state index contributed by atoms with van der Waals surface area (Å²) in [6, 6.07) is 19.8. The van der Waals surface area contributed by atoms with Crippen LogP contribution in [-0.4, -0.2) is 16.6 Å². The number of carbonyl (C=O) groups excluding carboxylic acids is 1. The summed E-state index contributed by atoms with van der Waals surface area (Å²) >= 11 is 0. The maximum Gasteiger partial charge on any atom is 0.348 e. The number of hydrogen-bond acceptors (Lipinski definition) is 3. The average Bonchev–Trinajstić information content (AvgIpc) is 2.97. The Labute approximate surface area is 241 Å². The molecule has 216 valence electrons. The quantitative estimate of drug-likeness (QED) is 0.0906. The fourth-order valence-corrected chi connectivity index (χ4v) is 5.05. The summed E-state index contributed by atoms with van der Waals surface area (Å²) in [6.45, 7) is 5.69. The first-order chi connectivity index (χ1) is 19.4. The first kappa shape index (κ1) is 31.5. The van der Waals surface area contributed by atoms with E-state index in [0.29, 0.717) is 12.2 Å². The van der Waals surface area contributed by atoms with Gasteiger partial charge in [-0.2, -0.15) is 0 Å². The van der Waals surface area contributed by atoms with Crippen LogP contribution >= 0.6 is 0 Å². The molecule has 4 heteroatoms. The molecular formula is C36H48FNO2. The van der Waals surface area contributed by atoms with E-state index in [0.717, 1.165) is 48.1 Å². The fourth-order valence-electron chi connectivity index (χ4n) is 5.05. The van der Waals surface area contributed by atoms with Crippen LogP contribution in [0, 0.1) is 0 Å². The number of unbranched alkanes of at least 4 members (excludes halogenated alkanes) is 10. The van der Waals surface area contributed by atoms with Gasteiger partial charge in [-0.15, -0.1) is 0 Å². The van der Waals surface area contributed by atoms with Gasteiger partial charge in [0.2, 0.25) is 5.67 Å². The number of aryl methyl sites for hydroxylation is 1. The topological polar surface area (TPSA) is 39.2 Å². The number of nitrogens with zero attached hydrogens (tertiary/aromatic N) is 1. The molecule has 2 aromatic carbocycles. The lowest BCUT2D eigenvalue weighted by molar-refractivity contribution is -0.147. The summed E-state index contributed by atoms with van der Waals surface area (Å²) in [4.78, 5) is 17.3. The third kappa shape index (κ3) is 10.2. The number of pyridine rings is 1. The molecule has 0 saturated carbocycles. The van der Waals surface area contributed by atoms with Gasteiger partial charge < -0.3 is 4.74 Å². The van der Waals surface area contributed by atoms with Crippen LogP contribution in [0.15, 0.2) is 66.9 Å². The van der Waals surface area contributed by atoms with Gasteiger partial charge in [0.1, 0.15) is 5.75 Å². The monoisotopic (exact) mass is 545 g/mol. The summed E-state index contributed by atoms with van der Waals surface area (Å²) in [7, 11) is 0. The standard InChI is InChI=1S/C36H48FNO2/c1-4-6-8-10-11-12-13-14-18-29-21-26-34(38-28-29)33-20-16-15-19-32(33)30-22-24-31(25-23-30)40-35(39)36(3,37)27-17-9-7-5-2/h15-16,19-26,28H,4-14,17-18,27H2,1-3H3. The molecule has 0 spiro atoms. The highest BCUT2D eigenvalue weighted by atomic mass is 19.1. The molecule has 0 aliphatic heterocycles. The molecule has 1 atom stereocenters. The van der Waals surface area contributed by atoms with Crippen LogP contribution in [0.3, 0.4) is 0 Å². The zero-order valence-corrected chi connectivity index (χ0v) is 24.9. The van der Waals surface area contributed by atoms with Gasteiger partial charge in [-0.05, 0) is 67.5 Å². The predicted molar refractivity (Wildman–Crippen MR) is 165 cm³/mol. The lowest BCUT2D eigenvalue weighted by Crippen LogP contribution is -2.34. The van der Waals surface area contributed by atoms with Crippen molar-refractivity contribution in [1.82, 2.24) is 4.98 Å². The van der Waals surface area contributed by atoms with Crippen LogP contribution in [0.25, 0.3) is 22.4 Å². The van der Waals surface area contributed by atoms with Crippen LogP contribution in [0.4, 0.5) is 4.39 Å². The van der Waals surface area contributed by atoms with E-state index in [1.165, 1.54) is 63.9 Å². The molecule has 0 radical (unpaired) electrons. The van der Waals surface area contributed by atoms with Crippen molar-refractivity contribution < 1.29 is 13.9 Å². The van der Waals surface area contributed by atoms with Crippen molar-refractivity contribution in [3.8, 4) is 28.1 Å². The normalized spacial score (nSPS) is 12.7. The maximum absolute atomic E-state index is 14.9. The number of benzene rings is 2. The van der Waals surface area contributed by atoms with Gasteiger partial charge in [0.05, 0.1) is 5.69 Å². The highest BCUT2D eigenvalue weighted by molar-refractivity contribution is 5.83. The number of esters is 1. The summed E-state index contributed by atoms with van der Waals surface area (Å²) in [5, 5.41) is 0. The molecule has 3 rings (SSSR count). The second-order valence-electron chi connectivity index (χ2n) is 11.2. The minimum absolute atomic E-state index is 0.183. The zero-order chi connectivity index (χ0) is 28.6. The Morgan fingerprint density at radius 1 is 0.750 bits per heavy atom. The molecule has 0 aliphatic carbocycles. The van der Waals surface area contributed by atoms with Gasteiger partial charge in [-0.25, -0.2) is 9.18 Å². The van der Waals surface area contributed by atoms with Gasteiger partial charge in [-0.1, -0.05) is 121 Å². The van der Waals surface area contributed by atoms with Crippen LogP contribution in [0.5, 0.6) is 5.75 Å². The van der Waals surface area contributed by atoms with Crippen molar-refractivity contribution in [3.63, 3.8) is 0 Å². The lowest BCUT2D eigenvalue weighted by atomic mass is 9.96. The Hall–Kier alpha value is -3.01. The van der Waals surface area contributed by atoms with Crippen molar-refractivity contribution in [1.29, 1.82) is 0 Å². The summed E-state index contributed by atoms with van der Waals surface area (Å²) in [6.07, 6.45) is 17.6. The molecule has 0 bridgehead atoms. The van der Waals surface area contributed by atoms with Gasteiger partial charge in [-0.3, -0.25) is 4.98 Å². The second kappa shape index (κ2) is 16.9. The van der Waals surface area contributed by atoms with Crippen LogP contribution in [0.1, 0.15) is 110 Å². The molecule has 3 nitrogen and oxygen atoms in total. The van der Waals surface area contributed by atoms with E-state index in [4.69, 9.17) is 9.72 Å². The Morgan fingerprint density at radius 3 is 1.98 bits per heavy atom. The van der Waals surface area contributed by atoms with Crippen LogP contribution in [0.2, 0.25) is 0 Å². The van der Waals surface area contributed by atoms with E-state index in [9.17, 15) is 9.18 Å². The Bertz CT molecular complexity index is 1140. The van der Waals surface area contributed by atoms with E-state index in [1.807, 2.05) is 30.5 Å². The molecule has 40 heavy (non-hydrogen) atoms. The van der Waals surface area contributed by atoms with Crippen molar-refractivity contribution in [2.75, 3.05) is 0 Å². The minimum atomic E-state index is -1.98. The van der Waals surface area contributed by atoms with E-state index < -0.39 is 11.6 Å². The molecule has 0 amide bonds. The van der Waals surface area contributed by atoms with Crippen molar-refractivity contribution >= 4 is 5.97 Å². The lowest BCUT2D eigenvalue weighted by Gasteiger charge is -2.18. The molecule has 0 aliphatic rings. The summed E-state index contributed by atoms with van der Waals surface area (Å²) in [5.74, 6) is -0.472. The van der Waals surface area contributed by atoms with Crippen LogP contribution < -0.4 is 4.74 Å². The molecular weight excluding hydrogens is 497 g/mol. The van der Waals surface area contributed by atoms with E-state index in [-0.39, 0.29) is 6.42 Å². The van der Waals surface area contributed by atoms with E-state index in [1.54, 1.807) is 12.1 Å². The molecule has 1 aromatic heterocycles. The van der Waals surface area contributed by atoms with Crippen LogP contribution in [-0.2, 0) is 11.2 Å². The first-order valence-corrected chi connectivity index (χ1v) is 15.5. The Kier molecular flexibility index (Phi) is 13.4. The molecule has 3 aromatic rings. The summed E-state index contributed by atoms with van der Waals surface area (Å²) in [5.41, 5.74) is 3.32. The zero-order valence-electron chi connectivity index (χ0n) is 24.9. The molecule has 0 fully saturated rings. The molecule has 0 saturated heterocycles. The Morgan fingerprint density at radius 2 is 1.35 bits per heavy atom. The van der Waals surface area contributed by atoms with Crippen molar-refractivity contribution in [3.05, 3.63) is 72.4 Å². The number of rotatable bonds is 18. The molecule has 0 N–H and O–H groups in total. The average molecular weight is 546 g/mol. The fraction of sp³-hybridized carbons (Fsp3) is 0.500. The van der Waals surface area contributed by atoms with E-state index >= 15 is 0 Å². The third-order valence-electron chi connectivity index (χ3n) is 7.65. The smallest absolute Gasteiger partial charge is 0.348 e. The molecule has 1 unspecified atom stereocenters. The SMILES string of the molecule is CCCCCCCCCCc1ccc(-c2ccccc2-c2ccc(OC(=O)C(C)(F)CCCCCC)cc2)nc1. The highest BCUT2D eigenvalue weighted by Crippen LogP contribution is 2.32. The second-order valence-corrected chi connectivity index (χ2v) is 11.2. The summed E-state index contributed by atoms with van der Waals surface area (Å²) < 4.78 is 20.3. The number of carbonyl (C=O) groups is 1. The minimum Gasteiger partial charge on any atom is -0.424 e. The maximum atomic E-state index is 14.9. The van der Waals surface area contributed by atoms with Crippen molar-refractivity contribution in [2.45, 2.75) is 116 Å². The number of halogens is 1. The van der Waals surface area contributed by atoms with Crippen molar-refractivity contribution in [2.24, 2.45) is 0 Å². The Balaban J connectivity index is 1.57.